The molecule has 0 aromatic heterocycles. The maximum absolute atomic E-state index is 12.1. The van der Waals surface area contributed by atoms with Gasteiger partial charge in [-0.1, -0.05) is 62.9 Å². The van der Waals surface area contributed by atoms with Crippen LogP contribution < -0.4 is 0 Å². The van der Waals surface area contributed by atoms with E-state index >= 15 is 0 Å². The Bertz CT molecular complexity index is 839. The van der Waals surface area contributed by atoms with E-state index in [0.29, 0.717) is 4.90 Å². The summed E-state index contributed by atoms with van der Waals surface area (Å²) in [6.45, 7) is 6.53. The number of hydrogen-bond donors (Lipinski definition) is 0. The first-order valence-electron chi connectivity index (χ1n) is 7.12. The predicted molar refractivity (Wildman–Crippen MR) is 92.6 cm³/mol. The molecule has 3 rings (SSSR count). The lowest BCUT2D eigenvalue weighted by atomic mass is 9.87. The molecule has 2 aromatic carbocycles. The highest BCUT2D eigenvalue weighted by molar-refractivity contribution is 8.10. The smallest absolute Gasteiger partial charge is 0.201 e. The summed E-state index contributed by atoms with van der Waals surface area (Å²) < 4.78 is 24.3. The van der Waals surface area contributed by atoms with E-state index in [4.69, 9.17) is 0 Å². The Hall–Kier alpha value is -1.52. The third-order valence-corrected chi connectivity index (χ3v) is 6.40. The summed E-state index contributed by atoms with van der Waals surface area (Å²) in [4.78, 5) is 2.24. The van der Waals surface area contributed by atoms with Crippen molar-refractivity contribution in [1.82, 2.24) is 0 Å². The normalized spacial score (nSPS) is 16.2. The molecule has 22 heavy (non-hydrogen) atoms. The zero-order valence-corrected chi connectivity index (χ0v) is 14.5. The second kappa shape index (κ2) is 5.28. The van der Waals surface area contributed by atoms with Crippen LogP contribution in [0.1, 0.15) is 31.9 Å². The number of fused-ring (bicyclic) bond motifs is 1. The van der Waals surface area contributed by atoms with Gasteiger partial charge in [0.2, 0.25) is 9.84 Å². The molecule has 4 heteroatoms. The lowest BCUT2D eigenvalue weighted by Gasteiger charge is -2.19. The predicted octanol–water partition coefficient (Wildman–Crippen LogP) is 4.86. The van der Waals surface area contributed by atoms with Gasteiger partial charge >= 0.3 is 0 Å². The Morgan fingerprint density at radius 1 is 0.909 bits per heavy atom. The summed E-state index contributed by atoms with van der Waals surface area (Å²) in [7, 11) is -3.29. The van der Waals surface area contributed by atoms with Gasteiger partial charge in [0.15, 0.2) is 0 Å². The zero-order chi connectivity index (χ0) is 16.0. The highest BCUT2D eigenvalue weighted by Gasteiger charge is 2.26. The van der Waals surface area contributed by atoms with Crippen LogP contribution in [0.3, 0.4) is 0 Å². The zero-order valence-electron chi connectivity index (χ0n) is 12.8. The Kier molecular flexibility index (Phi) is 3.69. The number of rotatable bonds is 2. The summed E-state index contributed by atoms with van der Waals surface area (Å²) in [5, 5.41) is 1.38. The molecular formula is C18H18O2S2. The molecule has 0 amide bonds. The fourth-order valence-electron chi connectivity index (χ4n) is 2.42. The van der Waals surface area contributed by atoms with E-state index in [-0.39, 0.29) is 5.41 Å². The fraction of sp³-hybridized carbons (Fsp3) is 0.222. The van der Waals surface area contributed by atoms with Crippen molar-refractivity contribution < 1.29 is 8.42 Å². The van der Waals surface area contributed by atoms with Gasteiger partial charge in [0.05, 0.1) is 10.3 Å². The third-order valence-electron chi connectivity index (χ3n) is 3.67. The van der Waals surface area contributed by atoms with Crippen LogP contribution in [0, 0.1) is 0 Å². The minimum atomic E-state index is -3.29. The first kappa shape index (κ1) is 15.4. The molecule has 0 saturated heterocycles. The summed E-state index contributed by atoms with van der Waals surface area (Å²) in [5.41, 5.74) is 2.18. The highest BCUT2D eigenvalue weighted by atomic mass is 32.2. The van der Waals surface area contributed by atoms with E-state index < -0.39 is 9.84 Å². The minimum absolute atomic E-state index is 0.117. The summed E-state index contributed by atoms with van der Waals surface area (Å²) >= 11 is 1.50. The molecule has 0 atom stereocenters. The van der Waals surface area contributed by atoms with Crippen LogP contribution in [-0.2, 0) is 15.3 Å². The molecule has 0 N–H and O–H groups in total. The molecule has 0 radical (unpaired) electrons. The van der Waals surface area contributed by atoms with Gasteiger partial charge < -0.3 is 0 Å². The summed E-state index contributed by atoms with van der Waals surface area (Å²) in [6, 6.07) is 15.5. The average Bonchev–Trinajstić information content (AvgIpc) is 2.70. The van der Waals surface area contributed by atoms with E-state index in [0.717, 1.165) is 15.4 Å². The van der Waals surface area contributed by atoms with Gasteiger partial charge in [-0.2, -0.15) is 0 Å². The topological polar surface area (TPSA) is 34.1 Å². The van der Waals surface area contributed by atoms with Gasteiger partial charge in [-0.15, -0.1) is 0 Å². The first-order chi connectivity index (χ1) is 10.3. The second-order valence-electron chi connectivity index (χ2n) is 6.40. The van der Waals surface area contributed by atoms with Crippen LogP contribution in [-0.4, -0.2) is 8.42 Å². The lowest BCUT2D eigenvalue weighted by molar-refractivity contribution is 0.589. The van der Waals surface area contributed by atoms with Gasteiger partial charge in [-0.3, -0.25) is 0 Å². The van der Waals surface area contributed by atoms with Crippen molar-refractivity contribution in [2.75, 3.05) is 0 Å². The largest absolute Gasteiger partial charge is 0.219 e. The van der Waals surface area contributed by atoms with E-state index in [9.17, 15) is 8.42 Å². The Morgan fingerprint density at radius 3 is 2.18 bits per heavy atom. The SMILES string of the molecule is CC(C)(C)c1ccc(SC2=CS(=O)(=O)c3ccccc32)cc1. The maximum Gasteiger partial charge on any atom is 0.201 e. The Labute approximate surface area is 136 Å². The van der Waals surface area contributed by atoms with Crippen molar-refractivity contribution >= 4 is 26.5 Å². The summed E-state index contributed by atoms with van der Waals surface area (Å²) in [6.07, 6.45) is 0. The van der Waals surface area contributed by atoms with Gasteiger partial charge in [0, 0.05) is 15.4 Å². The average molecular weight is 330 g/mol. The van der Waals surface area contributed by atoms with Crippen molar-refractivity contribution in [2.24, 2.45) is 0 Å². The van der Waals surface area contributed by atoms with E-state index in [1.807, 2.05) is 12.1 Å². The molecule has 0 unspecified atom stereocenters. The molecule has 0 saturated carbocycles. The van der Waals surface area contributed by atoms with E-state index in [1.54, 1.807) is 12.1 Å². The second-order valence-corrected chi connectivity index (χ2v) is 9.28. The molecule has 2 aromatic rings. The van der Waals surface area contributed by atoms with Gasteiger partial charge in [0.1, 0.15) is 0 Å². The third kappa shape index (κ3) is 2.85. The van der Waals surface area contributed by atoms with Crippen LogP contribution in [0.5, 0.6) is 0 Å². The molecule has 0 aliphatic carbocycles. The van der Waals surface area contributed by atoms with Crippen LogP contribution in [0.2, 0.25) is 0 Å². The lowest BCUT2D eigenvalue weighted by Crippen LogP contribution is -2.10. The van der Waals surface area contributed by atoms with Crippen LogP contribution in [0.4, 0.5) is 0 Å². The van der Waals surface area contributed by atoms with Gasteiger partial charge in [0.25, 0.3) is 0 Å². The molecule has 114 valence electrons. The fourth-order valence-corrected chi connectivity index (χ4v) is 5.15. The first-order valence-corrected chi connectivity index (χ1v) is 9.48. The molecule has 0 bridgehead atoms. The van der Waals surface area contributed by atoms with Gasteiger partial charge in [-0.25, -0.2) is 8.42 Å². The van der Waals surface area contributed by atoms with E-state index in [2.05, 4.69) is 45.0 Å². The van der Waals surface area contributed by atoms with Crippen LogP contribution in [0.15, 0.2) is 63.7 Å². The van der Waals surface area contributed by atoms with E-state index in [1.165, 1.54) is 22.7 Å². The van der Waals surface area contributed by atoms with Crippen molar-refractivity contribution in [3.8, 4) is 0 Å². The number of sulfone groups is 1. The van der Waals surface area contributed by atoms with Gasteiger partial charge in [-0.05, 0) is 29.2 Å². The monoisotopic (exact) mass is 330 g/mol. The van der Waals surface area contributed by atoms with Crippen molar-refractivity contribution in [3.05, 3.63) is 65.1 Å². The standard InChI is InChI=1S/C18H18O2S2/c1-18(2,3)13-8-10-14(11-9-13)21-16-12-22(19,20)17-7-5-4-6-15(16)17/h4-12H,1-3H3. The summed E-state index contributed by atoms with van der Waals surface area (Å²) in [5.74, 6) is 0. The molecule has 1 heterocycles. The van der Waals surface area contributed by atoms with Crippen molar-refractivity contribution in [2.45, 2.75) is 36.0 Å². The van der Waals surface area contributed by atoms with Crippen molar-refractivity contribution in [3.63, 3.8) is 0 Å². The molecule has 2 nitrogen and oxygen atoms in total. The Balaban J connectivity index is 1.92. The van der Waals surface area contributed by atoms with Crippen LogP contribution in [0.25, 0.3) is 4.91 Å². The maximum atomic E-state index is 12.1. The quantitative estimate of drug-likeness (QED) is 0.788. The highest BCUT2D eigenvalue weighted by Crippen LogP contribution is 2.43. The number of benzene rings is 2. The molecular weight excluding hydrogens is 312 g/mol. The van der Waals surface area contributed by atoms with Crippen LogP contribution >= 0.6 is 11.8 Å². The molecule has 1 aliphatic rings. The molecule has 0 fully saturated rings. The number of thioether (sulfide) groups is 1. The van der Waals surface area contributed by atoms with Crippen molar-refractivity contribution in [1.29, 1.82) is 0 Å². The number of hydrogen-bond acceptors (Lipinski definition) is 3. The Morgan fingerprint density at radius 2 is 1.55 bits per heavy atom. The molecule has 0 spiro atoms. The molecule has 1 aliphatic heterocycles. The minimum Gasteiger partial charge on any atom is -0.219 e.